The van der Waals surface area contributed by atoms with Gasteiger partial charge in [0.15, 0.2) is 5.69 Å². The number of carboxylic acids is 1. The van der Waals surface area contributed by atoms with Crippen molar-refractivity contribution in [2.75, 3.05) is 6.54 Å². The van der Waals surface area contributed by atoms with E-state index in [2.05, 4.69) is 20.4 Å². The third kappa shape index (κ3) is 3.90. The summed E-state index contributed by atoms with van der Waals surface area (Å²) in [6.45, 7) is 1.35. The SMILES string of the molecule is O=C(CCn1cncn1)NCCn1cnc(C(=O)O)c1. The monoisotopic (exact) mass is 278 g/mol. The van der Waals surface area contributed by atoms with Crippen molar-refractivity contribution in [3.05, 3.63) is 30.9 Å². The van der Waals surface area contributed by atoms with Gasteiger partial charge in [-0.2, -0.15) is 5.10 Å². The number of hydrogen-bond donors (Lipinski definition) is 2. The molecule has 2 aromatic heterocycles. The van der Waals surface area contributed by atoms with Gasteiger partial charge in [0.1, 0.15) is 12.7 Å². The van der Waals surface area contributed by atoms with Crippen LogP contribution in [0.5, 0.6) is 0 Å². The molecule has 2 heterocycles. The van der Waals surface area contributed by atoms with Crippen LogP contribution in [0.4, 0.5) is 0 Å². The average Bonchev–Trinajstić information content (AvgIpc) is 3.07. The Labute approximate surface area is 114 Å². The molecule has 106 valence electrons. The molecular weight excluding hydrogens is 264 g/mol. The molecule has 0 fully saturated rings. The molecule has 20 heavy (non-hydrogen) atoms. The van der Waals surface area contributed by atoms with Crippen LogP contribution < -0.4 is 5.32 Å². The van der Waals surface area contributed by atoms with Gasteiger partial charge in [0.25, 0.3) is 0 Å². The number of hydrogen-bond acceptors (Lipinski definition) is 5. The van der Waals surface area contributed by atoms with E-state index in [1.54, 1.807) is 15.6 Å². The Morgan fingerprint density at radius 3 is 2.80 bits per heavy atom. The molecule has 0 unspecified atom stereocenters. The summed E-state index contributed by atoms with van der Waals surface area (Å²) in [5.74, 6) is -1.17. The van der Waals surface area contributed by atoms with Crippen LogP contribution in [0.1, 0.15) is 16.9 Å². The molecule has 0 aliphatic heterocycles. The molecule has 0 aliphatic rings. The van der Waals surface area contributed by atoms with Gasteiger partial charge < -0.3 is 15.0 Å². The van der Waals surface area contributed by atoms with E-state index in [0.717, 1.165) is 0 Å². The molecular formula is C11H14N6O3. The van der Waals surface area contributed by atoms with E-state index < -0.39 is 5.97 Å². The predicted molar refractivity (Wildman–Crippen MR) is 66.8 cm³/mol. The summed E-state index contributed by atoms with van der Waals surface area (Å²) < 4.78 is 3.19. The Morgan fingerprint density at radius 1 is 1.30 bits per heavy atom. The van der Waals surface area contributed by atoms with Crippen molar-refractivity contribution >= 4 is 11.9 Å². The average molecular weight is 278 g/mol. The molecule has 0 saturated carbocycles. The summed E-state index contributed by atoms with van der Waals surface area (Å²) in [5.41, 5.74) is -0.0116. The molecule has 0 atom stereocenters. The Hall–Kier alpha value is -2.71. The Morgan fingerprint density at radius 2 is 2.15 bits per heavy atom. The van der Waals surface area contributed by atoms with Crippen molar-refractivity contribution < 1.29 is 14.7 Å². The highest BCUT2D eigenvalue weighted by Crippen LogP contribution is 1.95. The first-order valence-electron chi connectivity index (χ1n) is 5.99. The first kappa shape index (κ1) is 13.7. The minimum Gasteiger partial charge on any atom is -0.476 e. The van der Waals surface area contributed by atoms with Crippen molar-refractivity contribution in [1.82, 2.24) is 29.6 Å². The van der Waals surface area contributed by atoms with Gasteiger partial charge in [-0.15, -0.1) is 0 Å². The van der Waals surface area contributed by atoms with E-state index in [1.807, 2.05) is 0 Å². The maximum absolute atomic E-state index is 11.6. The lowest BCUT2D eigenvalue weighted by molar-refractivity contribution is -0.121. The molecule has 0 aromatic carbocycles. The maximum Gasteiger partial charge on any atom is 0.356 e. The lowest BCUT2D eigenvalue weighted by Crippen LogP contribution is -2.27. The summed E-state index contributed by atoms with van der Waals surface area (Å²) in [6, 6.07) is 0. The van der Waals surface area contributed by atoms with Crippen molar-refractivity contribution in [3.8, 4) is 0 Å². The topological polar surface area (TPSA) is 115 Å². The molecule has 0 radical (unpaired) electrons. The van der Waals surface area contributed by atoms with Crippen LogP contribution in [-0.2, 0) is 17.9 Å². The Balaban J connectivity index is 1.67. The summed E-state index contributed by atoms with van der Waals surface area (Å²) in [4.78, 5) is 29.7. The molecule has 0 bridgehead atoms. The van der Waals surface area contributed by atoms with Crippen LogP contribution in [0.15, 0.2) is 25.2 Å². The van der Waals surface area contributed by atoms with Crippen LogP contribution in [-0.4, -0.2) is 47.8 Å². The fourth-order valence-corrected chi connectivity index (χ4v) is 1.57. The first-order valence-corrected chi connectivity index (χ1v) is 5.99. The van der Waals surface area contributed by atoms with Crippen LogP contribution in [0.2, 0.25) is 0 Å². The third-order valence-electron chi connectivity index (χ3n) is 2.58. The molecule has 1 amide bonds. The molecule has 2 aromatic rings. The fraction of sp³-hybridized carbons (Fsp3) is 0.364. The zero-order valence-corrected chi connectivity index (χ0v) is 10.6. The molecule has 0 aliphatic carbocycles. The highest BCUT2D eigenvalue weighted by molar-refractivity contribution is 5.84. The van der Waals surface area contributed by atoms with Gasteiger partial charge in [-0.3, -0.25) is 9.48 Å². The first-order chi connectivity index (χ1) is 9.65. The number of aromatic nitrogens is 5. The number of nitrogens with zero attached hydrogens (tertiary/aromatic N) is 5. The van der Waals surface area contributed by atoms with Crippen molar-refractivity contribution in [3.63, 3.8) is 0 Å². The Kier molecular flexibility index (Phi) is 4.43. The number of amides is 1. The summed E-state index contributed by atoms with van der Waals surface area (Å²) in [5, 5.41) is 15.3. The van der Waals surface area contributed by atoms with Gasteiger partial charge in [-0.1, -0.05) is 0 Å². The number of imidazole rings is 1. The van der Waals surface area contributed by atoms with Crippen LogP contribution in [0, 0.1) is 0 Å². The highest BCUT2D eigenvalue weighted by Gasteiger charge is 2.06. The second kappa shape index (κ2) is 6.45. The van der Waals surface area contributed by atoms with Crippen molar-refractivity contribution in [1.29, 1.82) is 0 Å². The van der Waals surface area contributed by atoms with E-state index in [4.69, 9.17) is 5.11 Å². The lowest BCUT2D eigenvalue weighted by atomic mass is 10.4. The number of nitrogens with one attached hydrogen (secondary N) is 1. The Bertz CT molecular complexity index is 577. The molecule has 9 heteroatoms. The highest BCUT2D eigenvalue weighted by atomic mass is 16.4. The smallest absolute Gasteiger partial charge is 0.356 e. The van der Waals surface area contributed by atoms with E-state index in [-0.39, 0.29) is 11.6 Å². The van der Waals surface area contributed by atoms with Crippen LogP contribution in [0.25, 0.3) is 0 Å². The van der Waals surface area contributed by atoms with Crippen molar-refractivity contribution in [2.45, 2.75) is 19.5 Å². The third-order valence-corrected chi connectivity index (χ3v) is 2.58. The number of carboxylic acid groups (broad SMARTS) is 1. The largest absolute Gasteiger partial charge is 0.476 e. The minimum atomic E-state index is -1.07. The van der Waals surface area contributed by atoms with E-state index in [1.165, 1.54) is 18.9 Å². The van der Waals surface area contributed by atoms with Gasteiger partial charge >= 0.3 is 5.97 Å². The molecule has 0 saturated heterocycles. The quantitative estimate of drug-likeness (QED) is 0.697. The number of aryl methyl sites for hydroxylation is 1. The van der Waals surface area contributed by atoms with E-state index in [0.29, 0.717) is 26.1 Å². The second-order valence-corrected chi connectivity index (χ2v) is 4.06. The van der Waals surface area contributed by atoms with E-state index in [9.17, 15) is 9.59 Å². The number of carbonyl (C=O) groups is 2. The van der Waals surface area contributed by atoms with Gasteiger partial charge in [0, 0.05) is 25.7 Å². The number of carbonyl (C=O) groups excluding carboxylic acids is 1. The molecule has 0 spiro atoms. The minimum absolute atomic E-state index is 0.0116. The maximum atomic E-state index is 11.6. The van der Waals surface area contributed by atoms with Crippen LogP contribution >= 0.6 is 0 Å². The van der Waals surface area contributed by atoms with Gasteiger partial charge in [0.2, 0.25) is 5.91 Å². The summed E-state index contributed by atoms with van der Waals surface area (Å²) >= 11 is 0. The van der Waals surface area contributed by atoms with Gasteiger partial charge in [0.05, 0.1) is 12.9 Å². The molecule has 2 rings (SSSR count). The zero-order valence-electron chi connectivity index (χ0n) is 10.6. The number of rotatable bonds is 7. The normalized spacial score (nSPS) is 10.4. The molecule has 2 N–H and O–H groups in total. The van der Waals surface area contributed by atoms with Gasteiger partial charge in [-0.05, 0) is 0 Å². The van der Waals surface area contributed by atoms with E-state index >= 15 is 0 Å². The van der Waals surface area contributed by atoms with Crippen LogP contribution in [0.3, 0.4) is 0 Å². The lowest BCUT2D eigenvalue weighted by Gasteiger charge is -2.05. The standard InChI is InChI=1S/C11H14N6O3/c18-10(1-3-17-7-12-6-15-17)13-2-4-16-5-9(11(19)20)14-8-16/h5-8H,1-4H2,(H,13,18)(H,19,20). The second-order valence-electron chi connectivity index (χ2n) is 4.06. The summed E-state index contributed by atoms with van der Waals surface area (Å²) in [7, 11) is 0. The van der Waals surface area contributed by atoms with Crippen molar-refractivity contribution in [2.24, 2.45) is 0 Å². The van der Waals surface area contributed by atoms with Gasteiger partial charge in [-0.25, -0.2) is 14.8 Å². The fourth-order valence-electron chi connectivity index (χ4n) is 1.57. The summed E-state index contributed by atoms with van der Waals surface area (Å²) in [6.07, 6.45) is 6.12. The molecule has 9 nitrogen and oxygen atoms in total. The predicted octanol–water partition coefficient (Wildman–Crippen LogP) is -0.621. The zero-order chi connectivity index (χ0) is 14.4. The number of aromatic carboxylic acids is 1.